The lowest BCUT2D eigenvalue weighted by Crippen LogP contribution is -2.59. The van der Waals surface area contributed by atoms with Gasteiger partial charge in [-0.1, -0.05) is 12.1 Å². The normalized spacial score (nSPS) is 22.9. The van der Waals surface area contributed by atoms with E-state index in [0.29, 0.717) is 31.5 Å². The Labute approximate surface area is 178 Å². The molecule has 30 heavy (non-hydrogen) atoms. The second-order valence-electron chi connectivity index (χ2n) is 8.40. The van der Waals surface area contributed by atoms with Crippen molar-refractivity contribution < 1.29 is 13.7 Å². The van der Waals surface area contributed by atoms with Gasteiger partial charge in [0.1, 0.15) is 23.4 Å². The average Bonchev–Trinajstić information content (AvgIpc) is 3.61. The summed E-state index contributed by atoms with van der Waals surface area (Å²) >= 11 is 0. The maximum absolute atomic E-state index is 13.1. The molecule has 158 valence electrons. The van der Waals surface area contributed by atoms with Gasteiger partial charge < -0.3 is 15.4 Å². The number of pyridine rings is 1. The Morgan fingerprint density at radius 2 is 1.83 bits per heavy atom. The van der Waals surface area contributed by atoms with Crippen molar-refractivity contribution in [3.05, 3.63) is 42.6 Å². The molecule has 2 N–H and O–H groups in total. The topological polar surface area (TPSA) is 88.8 Å². The molecule has 1 spiro atoms. The number of nitrogen functional groups attached to an aromatic ring is 1. The number of hydrogen-bond acceptors (Lipinski definition) is 5. The largest absolute Gasteiger partial charge is 0.384 e. The predicted octanol–water partition coefficient (Wildman–Crippen LogP) is 2.21. The first-order valence-electron chi connectivity index (χ1n) is 10.5. The SMILES string of the molecule is Nc1cc(-c2ccc(S(=O)N3CCC4(CC3)CN(C3CC3)C(=O)CO4)cc2)ccn1. The van der Waals surface area contributed by atoms with Gasteiger partial charge in [-0.05, 0) is 61.1 Å². The van der Waals surface area contributed by atoms with E-state index in [1.807, 2.05) is 45.6 Å². The molecule has 0 radical (unpaired) electrons. The maximum atomic E-state index is 13.1. The summed E-state index contributed by atoms with van der Waals surface area (Å²) < 4.78 is 21.1. The van der Waals surface area contributed by atoms with Gasteiger partial charge in [0, 0.05) is 25.3 Å². The summed E-state index contributed by atoms with van der Waals surface area (Å²) in [5, 5.41) is 0. The monoisotopic (exact) mass is 426 g/mol. The Hall–Kier alpha value is -2.29. The molecule has 3 fully saturated rings. The van der Waals surface area contributed by atoms with Crippen LogP contribution in [-0.2, 0) is 20.5 Å². The number of amides is 1. The van der Waals surface area contributed by atoms with E-state index < -0.39 is 11.0 Å². The number of ether oxygens (including phenoxy) is 1. The first-order valence-corrected chi connectivity index (χ1v) is 11.6. The van der Waals surface area contributed by atoms with Gasteiger partial charge in [-0.3, -0.25) is 4.79 Å². The molecule has 3 heterocycles. The van der Waals surface area contributed by atoms with Crippen LogP contribution in [0.2, 0.25) is 0 Å². The Balaban J connectivity index is 1.23. The van der Waals surface area contributed by atoms with E-state index in [2.05, 4.69) is 4.98 Å². The first-order chi connectivity index (χ1) is 14.5. The predicted molar refractivity (Wildman–Crippen MR) is 115 cm³/mol. The van der Waals surface area contributed by atoms with Crippen LogP contribution in [0.5, 0.6) is 0 Å². The fourth-order valence-corrected chi connectivity index (χ4v) is 5.54. The van der Waals surface area contributed by atoms with Gasteiger partial charge in [0.15, 0.2) is 0 Å². The lowest BCUT2D eigenvalue weighted by molar-refractivity contribution is -0.170. The number of benzene rings is 1. The van der Waals surface area contributed by atoms with Crippen LogP contribution in [0, 0.1) is 0 Å². The van der Waals surface area contributed by atoms with Gasteiger partial charge in [-0.2, -0.15) is 0 Å². The molecule has 0 bridgehead atoms. The molecule has 2 aliphatic heterocycles. The molecule has 5 rings (SSSR count). The van der Waals surface area contributed by atoms with Crippen LogP contribution in [-0.4, -0.2) is 62.2 Å². The second-order valence-corrected chi connectivity index (χ2v) is 9.88. The van der Waals surface area contributed by atoms with Crippen molar-refractivity contribution in [3.8, 4) is 11.1 Å². The molecular weight excluding hydrogens is 400 g/mol. The summed E-state index contributed by atoms with van der Waals surface area (Å²) in [6.07, 6.45) is 5.50. The van der Waals surface area contributed by atoms with Crippen molar-refractivity contribution in [1.29, 1.82) is 0 Å². The van der Waals surface area contributed by atoms with Crippen molar-refractivity contribution in [1.82, 2.24) is 14.2 Å². The van der Waals surface area contributed by atoms with E-state index in [1.165, 1.54) is 0 Å². The molecule has 2 aromatic rings. The number of piperidine rings is 1. The van der Waals surface area contributed by atoms with Crippen molar-refractivity contribution in [2.45, 2.75) is 42.2 Å². The summed E-state index contributed by atoms with van der Waals surface area (Å²) in [5.41, 5.74) is 7.50. The van der Waals surface area contributed by atoms with Gasteiger partial charge in [-0.15, -0.1) is 0 Å². The molecule has 7 nitrogen and oxygen atoms in total. The van der Waals surface area contributed by atoms with E-state index in [1.54, 1.807) is 6.20 Å². The standard InChI is InChI=1S/C22H26N4O3S/c23-20-13-17(7-10-24-20)16-1-5-19(6-2-16)30(28)25-11-8-22(9-12-25)15-26(18-3-4-18)21(27)14-29-22/h1-2,5-7,10,13,18H,3-4,8-9,11-12,14-15H2,(H2,23,24). The third-order valence-corrected chi connectivity index (χ3v) is 7.82. The number of aromatic nitrogens is 1. The van der Waals surface area contributed by atoms with E-state index in [-0.39, 0.29) is 18.1 Å². The molecule has 2 saturated heterocycles. The summed E-state index contributed by atoms with van der Waals surface area (Å²) in [4.78, 5) is 19.0. The minimum atomic E-state index is -1.21. The smallest absolute Gasteiger partial charge is 0.248 e. The highest BCUT2D eigenvalue weighted by atomic mass is 32.2. The van der Waals surface area contributed by atoms with Gasteiger partial charge in [-0.25, -0.2) is 13.5 Å². The molecule has 8 heteroatoms. The third-order valence-electron chi connectivity index (χ3n) is 6.31. The zero-order valence-corrected chi connectivity index (χ0v) is 17.6. The summed E-state index contributed by atoms with van der Waals surface area (Å²) in [7, 11) is -1.21. The summed E-state index contributed by atoms with van der Waals surface area (Å²) in [5.74, 6) is 0.597. The fourth-order valence-electron chi connectivity index (χ4n) is 4.36. The van der Waals surface area contributed by atoms with Crippen molar-refractivity contribution in [2.24, 2.45) is 0 Å². The fraction of sp³-hybridized carbons (Fsp3) is 0.455. The van der Waals surface area contributed by atoms with Gasteiger partial charge in [0.05, 0.1) is 17.0 Å². The Morgan fingerprint density at radius 3 is 2.50 bits per heavy atom. The van der Waals surface area contributed by atoms with Crippen LogP contribution in [0.15, 0.2) is 47.5 Å². The number of rotatable bonds is 4. The van der Waals surface area contributed by atoms with Gasteiger partial charge in [0.25, 0.3) is 0 Å². The highest BCUT2D eigenvalue weighted by Gasteiger charge is 2.46. The number of anilines is 1. The van der Waals surface area contributed by atoms with Gasteiger partial charge >= 0.3 is 0 Å². The van der Waals surface area contributed by atoms with E-state index >= 15 is 0 Å². The quantitative estimate of drug-likeness (QED) is 0.810. The number of nitrogens with two attached hydrogens (primary N) is 1. The van der Waals surface area contributed by atoms with E-state index in [9.17, 15) is 9.00 Å². The number of nitrogens with zero attached hydrogens (tertiary/aromatic N) is 3. The number of carbonyl (C=O) groups excluding carboxylic acids is 1. The van der Waals surface area contributed by atoms with Crippen molar-refractivity contribution >= 4 is 22.7 Å². The summed E-state index contributed by atoms with van der Waals surface area (Å²) in [6, 6.07) is 11.9. The molecule has 1 unspecified atom stereocenters. The minimum absolute atomic E-state index is 0.116. The molecule has 1 atom stereocenters. The number of morpholine rings is 1. The van der Waals surface area contributed by atoms with Crippen LogP contribution in [0.25, 0.3) is 11.1 Å². The van der Waals surface area contributed by atoms with Crippen LogP contribution >= 0.6 is 0 Å². The molecular formula is C22H26N4O3S. The van der Waals surface area contributed by atoms with Crippen LogP contribution < -0.4 is 5.73 Å². The second kappa shape index (κ2) is 7.76. The maximum Gasteiger partial charge on any atom is 0.248 e. The van der Waals surface area contributed by atoms with E-state index in [4.69, 9.17) is 10.5 Å². The zero-order valence-electron chi connectivity index (χ0n) is 16.8. The number of carbonyl (C=O) groups is 1. The first kappa shape index (κ1) is 19.7. The molecule has 1 saturated carbocycles. The van der Waals surface area contributed by atoms with E-state index in [0.717, 1.165) is 41.7 Å². The molecule has 1 aromatic carbocycles. The zero-order chi connectivity index (χ0) is 20.7. The van der Waals surface area contributed by atoms with Crippen molar-refractivity contribution in [3.63, 3.8) is 0 Å². The lowest BCUT2D eigenvalue weighted by Gasteiger charge is -2.46. The van der Waals surface area contributed by atoms with Crippen molar-refractivity contribution in [2.75, 3.05) is 32.0 Å². The Kier molecular flexibility index (Phi) is 5.08. The third kappa shape index (κ3) is 3.87. The number of hydrogen-bond donors (Lipinski definition) is 1. The van der Waals surface area contributed by atoms with Crippen LogP contribution in [0.4, 0.5) is 5.82 Å². The molecule has 1 amide bonds. The minimum Gasteiger partial charge on any atom is -0.384 e. The average molecular weight is 427 g/mol. The van der Waals surface area contributed by atoms with Gasteiger partial charge in [0.2, 0.25) is 5.91 Å². The highest BCUT2D eigenvalue weighted by Crippen LogP contribution is 2.37. The Bertz CT molecular complexity index is 969. The Morgan fingerprint density at radius 1 is 1.10 bits per heavy atom. The van der Waals surface area contributed by atoms with Crippen LogP contribution in [0.3, 0.4) is 0 Å². The molecule has 3 aliphatic rings. The molecule has 1 aromatic heterocycles. The lowest BCUT2D eigenvalue weighted by atomic mass is 9.90. The van der Waals surface area contributed by atoms with Crippen LogP contribution in [0.1, 0.15) is 25.7 Å². The molecule has 1 aliphatic carbocycles. The highest BCUT2D eigenvalue weighted by molar-refractivity contribution is 7.82. The summed E-state index contributed by atoms with van der Waals surface area (Å²) in [6.45, 7) is 2.26.